The minimum atomic E-state index is -0.386. The van der Waals surface area contributed by atoms with Crippen LogP contribution in [0.5, 0.6) is 0 Å². The number of aryl methyl sites for hydroxylation is 1. The molecule has 2 N–H and O–H groups in total. The Morgan fingerprint density at radius 1 is 0.966 bits per heavy atom. The van der Waals surface area contributed by atoms with E-state index in [-0.39, 0.29) is 11.9 Å². The Morgan fingerprint density at radius 2 is 1.69 bits per heavy atom. The molecule has 3 rings (SSSR count). The van der Waals surface area contributed by atoms with E-state index in [0.29, 0.717) is 35.8 Å². The first-order chi connectivity index (χ1) is 14.1. The molecule has 0 aliphatic carbocycles. The molecule has 0 fully saturated rings. The van der Waals surface area contributed by atoms with Crippen molar-refractivity contribution in [3.8, 4) is 0 Å². The Balaban J connectivity index is 1.57. The molecular formula is C23H23N3O3. The highest BCUT2D eigenvalue weighted by Gasteiger charge is 2.09. The van der Waals surface area contributed by atoms with E-state index in [4.69, 9.17) is 4.74 Å². The zero-order valence-electron chi connectivity index (χ0n) is 16.4. The van der Waals surface area contributed by atoms with Crippen molar-refractivity contribution in [1.82, 2.24) is 4.98 Å². The van der Waals surface area contributed by atoms with Crippen molar-refractivity contribution in [3.05, 3.63) is 89.1 Å². The van der Waals surface area contributed by atoms with Crippen molar-refractivity contribution in [3.63, 3.8) is 0 Å². The summed E-state index contributed by atoms with van der Waals surface area (Å²) in [5.41, 5.74) is 3.88. The Bertz CT molecular complexity index is 983. The van der Waals surface area contributed by atoms with E-state index in [1.165, 1.54) is 17.3 Å². The molecule has 0 atom stereocenters. The van der Waals surface area contributed by atoms with Crippen LogP contribution < -0.4 is 10.6 Å². The second-order valence-corrected chi connectivity index (χ2v) is 6.46. The quantitative estimate of drug-likeness (QED) is 0.584. The van der Waals surface area contributed by atoms with Gasteiger partial charge >= 0.3 is 5.97 Å². The predicted molar refractivity (Wildman–Crippen MR) is 113 cm³/mol. The lowest BCUT2D eigenvalue weighted by molar-refractivity contribution is 0.0526. The maximum Gasteiger partial charge on any atom is 0.338 e. The smallest absolute Gasteiger partial charge is 0.338 e. The van der Waals surface area contributed by atoms with Crippen molar-refractivity contribution < 1.29 is 14.3 Å². The summed E-state index contributed by atoms with van der Waals surface area (Å²) in [6, 6.07) is 18.2. The molecule has 29 heavy (non-hydrogen) atoms. The first kappa shape index (κ1) is 20.1. The van der Waals surface area contributed by atoms with E-state index in [9.17, 15) is 9.59 Å². The van der Waals surface area contributed by atoms with Crippen LogP contribution in [0.4, 0.5) is 11.5 Å². The molecule has 0 saturated carbocycles. The number of esters is 1. The average molecular weight is 389 g/mol. The van der Waals surface area contributed by atoms with E-state index < -0.39 is 0 Å². The second-order valence-electron chi connectivity index (χ2n) is 6.46. The summed E-state index contributed by atoms with van der Waals surface area (Å²) in [4.78, 5) is 28.4. The number of carbonyl (C=O) groups is 2. The van der Waals surface area contributed by atoms with Crippen molar-refractivity contribution >= 4 is 23.4 Å². The zero-order valence-corrected chi connectivity index (χ0v) is 16.4. The van der Waals surface area contributed by atoms with Crippen LogP contribution in [0.2, 0.25) is 0 Å². The van der Waals surface area contributed by atoms with E-state index in [0.717, 1.165) is 0 Å². The van der Waals surface area contributed by atoms with Crippen molar-refractivity contribution in [2.45, 2.75) is 20.4 Å². The average Bonchev–Trinajstić information content (AvgIpc) is 2.74. The summed E-state index contributed by atoms with van der Waals surface area (Å²) >= 11 is 0. The van der Waals surface area contributed by atoms with Gasteiger partial charge in [-0.25, -0.2) is 9.78 Å². The fraction of sp³-hybridized carbons (Fsp3) is 0.174. The molecule has 6 nitrogen and oxygen atoms in total. The number of ether oxygens (including phenoxy) is 1. The van der Waals surface area contributed by atoms with Gasteiger partial charge in [0.05, 0.1) is 17.7 Å². The number of anilines is 2. The Morgan fingerprint density at radius 3 is 2.34 bits per heavy atom. The number of amides is 1. The van der Waals surface area contributed by atoms with E-state index >= 15 is 0 Å². The molecule has 3 aromatic rings. The van der Waals surface area contributed by atoms with Gasteiger partial charge in [-0.2, -0.15) is 0 Å². The first-order valence-corrected chi connectivity index (χ1v) is 9.40. The Hall–Kier alpha value is -3.67. The third kappa shape index (κ3) is 5.42. The summed E-state index contributed by atoms with van der Waals surface area (Å²) in [5.74, 6) is 0.0405. The highest BCUT2D eigenvalue weighted by molar-refractivity contribution is 6.04. The number of rotatable bonds is 7. The Kier molecular flexibility index (Phi) is 6.58. The molecule has 0 radical (unpaired) electrons. The minimum Gasteiger partial charge on any atom is -0.462 e. The molecule has 148 valence electrons. The molecule has 6 heteroatoms. The third-order valence-corrected chi connectivity index (χ3v) is 4.40. The summed E-state index contributed by atoms with van der Waals surface area (Å²) < 4.78 is 4.94. The van der Waals surface area contributed by atoms with Crippen molar-refractivity contribution in [1.29, 1.82) is 0 Å². The van der Waals surface area contributed by atoms with Crippen molar-refractivity contribution in [2.24, 2.45) is 0 Å². The van der Waals surface area contributed by atoms with Gasteiger partial charge in [0, 0.05) is 18.4 Å². The molecule has 0 bridgehead atoms. The van der Waals surface area contributed by atoms with Gasteiger partial charge < -0.3 is 15.4 Å². The number of pyridine rings is 1. The third-order valence-electron chi connectivity index (χ3n) is 4.40. The maximum atomic E-state index is 12.4. The zero-order chi connectivity index (χ0) is 20.6. The van der Waals surface area contributed by atoms with E-state index in [1.807, 2.05) is 12.1 Å². The van der Waals surface area contributed by atoms with Crippen LogP contribution >= 0.6 is 0 Å². The number of hydrogen-bond donors (Lipinski definition) is 2. The van der Waals surface area contributed by atoms with Gasteiger partial charge in [-0.15, -0.1) is 0 Å². The lowest BCUT2D eigenvalue weighted by Gasteiger charge is -2.09. The molecule has 0 spiro atoms. The lowest BCUT2D eigenvalue weighted by Crippen LogP contribution is -2.13. The van der Waals surface area contributed by atoms with Gasteiger partial charge in [-0.1, -0.05) is 24.3 Å². The van der Waals surface area contributed by atoms with Crippen LogP contribution in [0.25, 0.3) is 0 Å². The molecule has 1 aromatic heterocycles. The SMILES string of the molecule is CCOC(=O)c1ccc(NC(=O)c2ccc(NCc3ccccc3C)nc2)cc1. The van der Waals surface area contributed by atoms with Gasteiger partial charge in [-0.3, -0.25) is 4.79 Å². The van der Waals surface area contributed by atoms with E-state index in [2.05, 4.69) is 34.7 Å². The molecule has 0 aliphatic rings. The fourth-order valence-corrected chi connectivity index (χ4v) is 2.73. The van der Waals surface area contributed by atoms with Crippen LogP contribution in [0.1, 0.15) is 38.8 Å². The number of benzene rings is 2. The molecule has 2 aromatic carbocycles. The number of aromatic nitrogens is 1. The van der Waals surface area contributed by atoms with Crippen molar-refractivity contribution in [2.75, 3.05) is 17.2 Å². The van der Waals surface area contributed by atoms with Crippen LogP contribution in [-0.2, 0) is 11.3 Å². The van der Waals surface area contributed by atoms with E-state index in [1.54, 1.807) is 43.3 Å². The number of nitrogens with one attached hydrogen (secondary N) is 2. The summed E-state index contributed by atoms with van der Waals surface area (Å²) in [7, 11) is 0. The summed E-state index contributed by atoms with van der Waals surface area (Å²) in [5, 5.41) is 6.05. The van der Waals surface area contributed by atoms with Gasteiger partial charge in [-0.05, 0) is 61.4 Å². The standard InChI is InChI=1S/C23H23N3O3/c1-3-29-23(28)17-8-11-20(12-9-17)26-22(27)19-10-13-21(25-15-19)24-14-18-7-5-4-6-16(18)2/h4-13,15H,3,14H2,1-2H3,(H,24,25)(H,26,27). The van der Waals surface area contributed by atoms with Crippen LogP contribution in [0.15, 0.2) is 66.9 Å². The molecule has 0 unspecified atom stereocenters. The molecule has 0 saturated heterocycles. The van der Waals surface area contributed by atoms with Crippen LogP contribution in [-0.4, -0.2) is 23.5 Å². The first-order valence-electron chi connectivity index (χ1n) is 9.40. The second kappa shape index (κ2) is 9.50. The number of hydrogen-bond acceptors (Lipinski definition) is 5. The van der Waals surface area contributed by atoms with Gasteiger partial charge in [0.2, 0.25) is 0 Å². The lowest BCUT2D eigenvalue weighted by atomic mass is 10.1. The largest absolute Gasteiger partial charge is 0.462 e. The Labute approximate surface area is 169 Å². The summed E-state index contributed by atoms with van der Waals surface area (Å²) in [6.07, 6.45) is 1.53. The van der Waals surface area contributed by atoms with Crippen LogP contribution in [0.3, 0.4) is 0 Å². The highest BCUT2D eigenvalue weighted by Crippen LogP contribution is 2.14. The number of carbonyl (C=O) groups excluding carboxylic acids is 2. The normalized spacial score (nSPS) is 10.3. The predicted octanol–water partition coefficient (Wildman–Crippen LogP) is 4.43. The summed E-state index contributed by atoms with van der Waals surface area (Å²) in [6.45, 7) is 4.80. The minimum absolute atomic E-state index is 0.271. The molecular weight excluding hydrogens is 366 g/mol. The van der Waals surface area contributed by atoms with Gasteiger partial charge in [0.15, 0.2) is 0 Å². The number of nitrogens with zero attached hydrogens (tertiary/aromatic N) is 1. The van der Waals surface area contributed by atoms with Gasteiger partial charge in [0.1, 0.15) is 5.82 Å². The maximum absolute atomic E-state index is 12.4. The highest BCUT2D eigenvalue weighted by atomic mass is 16.5. The molecule has 0 aliphatic heterocycles. The topological polar surface area (TPSA) is 80.3 Å². The molecule has 1 amide bonds. The fourth-order valence-electron chi connectivity index (χ4n) is 2.73. The monoisotopic (exact) mass is 389 g/mol. The van der Waals surface area contributed by atoms with Crippen LogP contribution in [0, 0.1) is 6.92 Å². The van der Waals surface area contributed by atoms with Gasteiger partial charge in [0.25, 0.3) is 5.91 Å². The molecule has 1 heterocycles.